The molecule has 0 aromatic rings. The van der Waals surface area contributed by atoms with Gasteiger partial charge in [0.05, 0.1) is 19.8 Å². The molecule has 0 heterocycles. The first-order valence-corrected chi connectivity index (χ1v) is 5.28. The molecule has 5 heteroatoms. The van der Waals surface area contributed by atoms with Gasteiger partial charge in [-0.25, -0.2) is 0 Å². The van der Waals surface area contributed by atoms with Crippen LogP contribution in [0.3, 0.4) is 0 Å². The highest BCUT2D eigenvalue weighted by Gasteiger charge is 2.15. The predicted octanol–water partition coefficient (Wildman–Crippen LogP) is -0.109. The average Bonchev–Trinajstić information content (AvgIpc) is 2.15. The molecule has 0 aliphatic heterocycles. The molecule has 0 spiro atoms. The van der Waals surface area contributed by atoms with E-state index in [4.69, 9.17) is 15.2 Å². The smallest absolute Gasteiger partial charge is 0.236 e. The number of carbonyl (C=O) groups excluding carboxylic acids is 1. The van der Waals surface area contributed by atoms with Crippen molar-refractivity contribution in [2.75, 3.05) is 26.4 Å². The Morgan fingerprint density at radius 2 is 1.93 bits per heavy atom. The molecule has 0 saturated heterocycles. The molecule has 1 amide bonds. The SMILES string of the molecule is CCOCCOCC(NC(C)C)C(N)=O. The van der Waals surface area contributed by atoms with E-state index in [0.29, 0.717) is 26.4 Å². The van der Waals surface area contributed by atoms with E-state index in [1.165, 1.54) is 0 Å². The number of hydrogen-bond donors (Lipinski definition) is 2. The van der Waals surface area contributed by atoms with Gasteiger partial charge in [-0.3, -0.25) is 4.79 Å². The Kier molecular flexibility index (Phi) is 8.27. The Bertz CT molecular complexity index is 174. The van der Waals surface area contributed by atoms with Crippen LogP contribution in [0.4, 0.5) is 0 Å². The molecule has 3 N–H and O–H groups in total. The van der Waals surface area contributed by atoms with Gasteiger partial charge in [0.15, 0.2) is 0 Å². The molecule has 0 rings (SSSR count). The molecule has 0 saturated carbocycles. The van der Waals surface area contributed by atoms with Gasteiger partial charge in [-0.15, -0.1) is 0 Å². The van der Waals surface area contributed by atoms with E-state index in [1.54, 1.807) is 0 Å². The van der Waals surface area contributed by atoms with Gasteiger partial charge in [0.1, 0.15) is 6.04 Å². The van der Waals surface area contributed by atoms with Crippen molar-refractivity contribution in [3.05, 3.63) is 0 Å². The van der Waals surface area contributed by atoms with Gasteiger partial charge < -0.3 is 20.5 Å². The highest BCUT2D eigenvalue weighted by atomic mass is 16.5. The minimum absolute atomic E-state index is 0.206. The van der Waals surface area contributed by atoms with E-state index < -0.39 is 6.04 Å². The Balaban J connectivity index is 3.62. The van der Waals surface area contributed by atoms with Gasteiger partial charge in [0.2, 0.25) is 5.91 Å². The summed E-state index contributed by atoms with van der Waals surface area (Å²) in [5.41, 5.74) is 5.21. The molecule has 5 nitrogen and oxygen atoms in total. The zero-order valence-corrected chi connectivity index (χ0v) is 9.79. The number of amides is 1. The summed E-state index contributed by atoms with van der Waals surface area (Å²) in [5.74, 6) is -0.389. The molecule has 0 aromatic carbocycles. The maximum absolute atomic E-state index is 11.0. The van der Waals surface area contributed by atoms with Crippen molar-refractivity contribution < 1.29 is 14.3 Å². The van der Waals surface area contributed by atoms with Crippen LogP contribution in [0.15, 0.2) is 0 Å². The Hall–Kier alpha value is -0.650. The second-order valence-corrected chi connectivity index (χ2v) is 3.55. The third-order valence-corrected chi connectivity index (χ3v) is 1.74. The van der Waals surface area contributed by atoms with Crippen molar-refractivity contribution in [2.24, 2.45) is 5.73 Å². The van der Waals surface area contributed by atoms with Crippen molar-refractivity contribution in [2.45, 2.75) is 32.9 Å². The van der Waals surface area contributed by atoms with E-state index in [2.05, 4.69) is 5.32 Å². The zero-order valence-electron chi connectivity index (χ0n) is 9.79. The van der Waals surface area contributed by atoms with Gasteiger partial charge in [-0.05, 0) is 6.92 Å². The van der Waals surface area contributed by atoms with Crippen LogP contribution in [0, 0.1) is 0 Å². The standard InChI is InChI=1S/C10H22N2O3/c1-4-14-5-6-15-7-9(10(11)13)12-8(2)3/h8-9,12H,4-7H2,1-3H3,(H2,11,13). The summed E-state index contributed by atoms with van der Waals surface area (Å²) >= 11 is 0. The first-order valence-electron chi connectivity index (χ1n) is 5.28. The normalized spacial score (nSPS) is 13.1. The number of rotatable bonds is 9. The highest BCUT2D eigenvalue weighted by Crippen LogP contribution is 1.89. The number of ether oxygens (including phenoxy) is 2. The van der Waals surface area contributed by atoms with E-state index >= 15 is 0 Å². The van der Waals surface area contributed by atoms with Gasteiger partial charge >= 0.3 is 0 Å². The van der Waals surface area contributed by atoms with Crippen molar-refractivity contribution in [3.8, 4) is 0 Å². The molecule has 15 heavy (non-hydrogen) atoms. The lowest BCUT2D eigenvalue weighted by atomic mass is 10.2. The second kappa shape index (κ2) is 8.64. The van der Waals surface area contributed by atoms with Crippen LogP contribution in [-0.2, 0) is 14.3 Å². The van der Waals surface area contributed by atoms with Crippen LogP contribution < -0.4 is 11.1 Å². The van der Waals surface area contributed by atoms with Crippen molar-refractivity contribution in [1.82, 2.24) is 5.32 Å². The molecule has 0 radical (unpaired) electrons. The third-order valence-electron chi connectivity index (χ3n) is 1.74. The summed E-state index contributed by atoms with van der Waals surface area (Å²) in [6.45, 7) is 7.83. The highest BCUT2D eigenvalue weighted by molar-refractivity contribution is 5.80. The average molecular weight is 218 g/mol. The number of nitrogens with two attached hydrogens (primary N) is 1. The molecular weight excluding hydrogens is 196 g/mol. The van der Waals surface area contributed by atoms with E-state index in [0.717, 1.165) is 0 Å². The molecular formula is C10H22N2O3. The Morgan fingerprint density at radius 1 is 1.33 bits per heavy atom. The van der Waals surface area contributed by atoms with Crippen LogP contribution in [0.5, 0.6) is 0 Å². The largest absolute Gasteiger partial charge is 0.379 e. The molecule has 0 fully saturated rings. The summed E-state index contributed by atoms with van der Waals surface area (Å²) in [5, 5.41) is 3.03. The lowest BCUT2D eigenvalue weighted by Gasteiger charge is -2.18. The fraction of sp³-hybridized carbons (Fsp3) is 0.900. The number of nitrogens with one attached hydrogen (secondary N) is 1. The quantitative estimate of drug-likeness (QED) is 0.530. The summed E-state index contributed by atoms with van der Waals surface area (Å²) < 4.78 is 10.4. The van der Waals surface area contributed by atoms with Gasteiger partial charge in [-0.1, -0.05) is 13.8 Å². The van der Waals surface area contributed by atoms with E-state index in [9.17, 15) is 4.79 Å². The first-order chi connectivity index (χ1) is 7.07. The fourth-order valence-electron chi connectivity index (χ4n) is 1.08. The molecule has 0 aliphatic rings. The minimum atomic E-state index is -0.424. The number of primary amides is 1. The zero-order chi connectivity index (χ0) is 11.7. The molecule has 0 bridgehead atoms. The number of hydrogen-bond acceptors (Lipinski definition) is 4. The minimum Gasteiger partial charge on any atom is -0.379 e. The summed E-state index contributed by atoms with van der Waals surface area (Å²) in [4.78, 5) is 11.0. The van der Waals surface area contributed by atoms with Crippen LogP contribution >= 0.6 is 0 Å². The maximum Gasteiger partial charge on any atom is 0.236 e. The Labute approximate surface area is 91.3 Å². The predicted molar refractivity (Wildman–Crippen MR) is 58.6 cm³/mol. The van der Waals surface area contributed by atoms with Crippen molar-refractivity contribution in [3.63, 3.8) is 0 Å². The van der Waals surface area contributed by atoms with Crippen molar-refractivity contribution in [1.29, 1.82) is 0 Å². The molecule has 90 valence electrons. The van der Waals surface area contributed by atoms with Crippen LogP contribution in [0.25, 0.3) is 0 Å². The van der Waals surface area contributed by atoms with Gasteiger partial charge in [-0.2, -0.15) is 0 Å². The molecule has 1 atom stereocenters. The molecule has 1 unspecified atom stereocenters. The second-order valence-electron chi connectivity index (χ2n) is 3.55. The summed E-state index contributed by atoms with van der Waals surface area (Å²) in [7, 11) is 0. The summed E-state index contributed by atoms with van der Waals surface area (Å²) in [6.07, 6.45) is 0. The monoisotopic (exact) mass is 218 g/mol. The number of carbonyl (C=O) groups is 1. The van der Waals surface area contributed by atoms with Crippen molar-refractivity contribution >= 4 is 5.91 Å². The van der Waals surface area contributed by atoms with Gasteiger partial charge in [0, 0.05) is 12.6 Å². The van der Waals surface area contributed by atoms with Gasteiger partial charge in [0.25, 0.3) is 0 Å². The van der Waals surface area contributed by atoms with Crippen LogP contribution in [-0.4, -0.2) is 44.4 Å². The Morgan fingerprint density at radius 3 is 2.40 bits per heavy atom. The molecule has 0 aliphatic carbocycles. The van der Waals surface area contributed by atoms with Crippen LogP contribution in [0.1, 0.15) is 20.8 Å². The topological polar surface area (TPSA) is 73.6 Å². The lowest BCUT2D eigenvalue weighted by molar-refractivity contribution is -0.121. The van der Waals surface area contributed by atoms with E-state index in [-0.39, 0.29) is 11.9 Å². The fourth-order valence-corrected chi connectivity index (χ4v) is 1.08. The third kappa shape index (κ3) is 8.35. The van der Waals surface area contributed by atoms with Crippen LogP contribution in [0.2, 0.25) is 0 Å². The summed E-state index contributed by atoms with van der Waals surface area (Å²) in [6, 6.07) is -0.218. The molecule has 0 aromatic heterocycles. The lowest BCUT2D eigenvalue weighted by Crippen LogP contribution is -2.47. The first kappa shape index (κ1) is 14.3. The maximum atomic E-state index is 11.0. The van der Waals surface area contributed by atoms with E-state index in [1.807, 2.05) is 20.8 Å².